The Balaban J connectivity index is 1.71. The predicted octanol–water partition coefficient (Wildman–Crippen LogP) is 1.32. The number of nitrogens with zero attached hydrogens (tertiary/aromatic N) is 1. The SMILES string of the molecule is CCc1ccc(OC[C@@H](O)CN2CCOCC2)cc1. The van der Waals surface area contributed by atoms with E-state index in [9.17, 15) is 5.11 Å². The Morgan fingerprint density at radius 2 is 1.95 bits per heavy atom. The standard InChI is InChI=1S/C15H23NO3/c1-2-13-3-5-15(6-4-13)19-12-14(17)11-16-7-9-18-10-8-16/h3-6,14,17H,2,7-12H2,1H3/t14-/m0/s1. The van der Waals surface area contributed by atoms with Gasteiger partial charge in [0.1, 0.15) is 18.5 Å². The van der Waals surface area contributed by atoms with Gasteiger partial charge in [-0.15, -0.1) is 0 Å². The molecule has 0 aliphatic carbocycles. The quantitative estimate of drug-likeness (QED) is 0.842. The molecule has 0 saturated carbocycles. The van der Waals surface area contributed by atoms with Crippen LogP contribution >= 0.6 is 0 Å². The highest BCUT2D eigenvalue weighted by atomic mass is 16.5. The number of morpholine rings is 1. The van der Waals surface area contributed by atoms with Crippen LogP contribution in [0.15, 0.2) is 24.3 Å². The van der Waals surface area contributed by atoms with E-state index in [0.29, 0.717) is 13.2 Å². The van der Waals surface area contributed by atoms with Crippen molar-refractivity contribution in [1.82, 2.24) is 4.90 Å². The molecule has 1 aromatic rings. The van der Waals surface area contributed by atoms with Crippen molar-refractivity contribution in [2.24, 2.45) is 0 Å². The number of aryl methyl sites for hydroxylation is 1. The van der Waals surface area contributed by atoms with Crippen LogP contribution in [0.1, 0.15) is 12.5 Å². The summed E-state index contributed by atoms with van der Waals surface area (Å²) in [5.41, 5.74) is 1.29. The Bertz CT molecular complexity index is 360. The molecule has 0 aromatic heterocycles. The summed E-state index contributed by atoms with van der Waals surface area (Å²) in [4.78, 5) is 2.21. The largest absolute Gasteiger partial charge is 0.491 e. The fourth-order valence-electron chi connectivity index (χ4n) is 2.15. The van der Waals surface area contributed by atoms with Crippen LogP contribution in [0.5, 0.6) is 5.75 Å². The zero-order chi connectivity index (χ0) is 13.5. The predicted molar refractivity (Wildman–Crippen MR) is 74.6 cm³/mol. The van der Waals surface area contributed by atoms with Gasteiger partial charge in [0.15, 0.2) is 0 Å². The summed E-state index contributed by atoms with van der Waals surface area (Å²) in [7, 11) is 0. The van der Waals surface area contributed by atoms with Crippen LogP contribution in [0, 0.1) is 0 Å². The first kappa shape index (κ1) is 14.3. The number of β-amino-alcohol motifs (C(OH)–C–C–N with tert-alkyl or cyclic N) is 1. The van der Waals surface area contributed by atoms with Crippen LogP contribution in [0.2, 0.25) is 0 Å². The first-order chi connectivity index (χ1) is 9.28. The maximum atomic E-state index is 9.96. The molecule has 4 nitrogen and oxygen atoms in total. The van der Waals surface area contributed by atoms with Gasteiger partial charge >= 0.3 is 0 Å². The molecule has 0 amide bonds. The van der Waals surface area contributed by atoms with Gasteiger partial charge in [0.05, 0.1) is 13.2 Å². The second-order valence-electron chi connectivity index (χ2n) is 4.88. The van der Waals surface area contributed by atoms with E-state index in [-0.39, 0.29) is 0 Å². The Kier molecular flexibility index (Phi) is 5.63. The summed E-state index contributed by atoms with van der Waals surface area (Å²) >= 11 is 0. The van der Waals surface area contributed by atoms with E-state index in [1.165, 1.54) is 5.56 Å². The number of hydrogen-bond donors (Lipinski definition) is 1. The van der Waals surface area contributed by atoms with Gasteiger partial charge in [-0.25, -0.2) is 0 Å². The minimum Gasteiger partial charge on any atom is -0.491 e. The maximum Gasteiger partial charge on any atom is 0.119 e. The molecule has 1 heterocycles. The van der Waals surface area contributed by atoms with Crippen molar-refractivity contribution in [2.45, 2.75) is 19.4 Å². The number of rotatable bonds is 6. The highest BCUT2D eigenvalue weighted by molar-refractivity contribution is 5.27. The molecular weight excluding hydrogens is 242 g/mol. The summed E-state index contributed by atoms with van der Waals surface area (Å²) < 4.78 is 10.9. The summed E-state index contributed by atoms with van der Waals surface area (Å²) in [6, 6.07) is 8.04. The topological polar surface area (TPSA) is 41.9 Å². The number of aliphatic hydroxyl groups excluding tert-OH is 1. The maximum absolute atomic E-state index is 9.96. The van der Waals surface area contributed by atoms with Crippen molar-refractivity contribution in [3.05, 3.63) is 29.8 Å². The highest BCUT2D eigenvalue weighted by Gasteiger charge is 2.15. The molecule has 1 atom stereocenters. The van der Waals surface area contributed by atoms with Gasteiger partial charge in [-0.3, -0.25) is 4.90 Å². The molecule has 1 aromatic carbocycles. The number of benzene rings is 1. The van der Waals surface area contributed by atoms with Gasteiger partial charge in [0, 0.05) is 19.6 Å². The average Bonchev–Trinajstić information content (AvgIpc) is 2.47. The summed E-state index contributed by atoms with van der Waals surface area (Å²) in [5, 5.41) is 9.96. The van der Waals surface area contributed by atoms with E-state index < -0.39 is 6.10 Å². The third-order valence-corrected chi connectivity index (χ3v) is 3.35. The molecular formula is C15H23NO3. The van der Waals surface area contributed by atoms with Gasteiger partial charge in [-0.05, 0) is 24.1 Å². The monoisotopic (exact) mass is 265 g/mol. The van der Waals surface area contributed by atoms with Crippen molar-refractivity contribution in [2.75, 3.05) is 39.5 Å². The first-order valence-electron chi connectivity index (χ1n) is 6.98. The summed E-state index contributed by atoms with van der Waals surface area (Å²) in [5.74, 6) is 0.818. The second kappa shape index (κ2) is 7.48. The van der Waals surface area contributed by atoms with Crippen molar-refractivity contribution in [3.63, 3.8) is 0 Å². The molecule has 2 rings (SSSR count). The molecule has 0 radical (unpaired) electrons. The molecule has 106 valence electrons. The van der Waals surface area contributed by atoms with Crippen LogP contribution in [0.3, 0.4) is 0 Å². The molecule has 4 heteroatoms. The lowest BCUT2D eigenvalue weighted by atomic mass is 10.2. The molecule has 0 bridgehead atoms. The van der Waals surface area contributed by atoms with Gasteiger partial charge in [0.2, 0.25) is 0 Å². The van der Waals surface area contributed by atoms with Gasteiger partial charge in [-0.1, -0.05) is 19.1 Å². The Hall–Kier alpha value is -1.10. The zero-order valence-corrected chi connectivity index (χ0v) is 11.5. The van der Waals surface area contributed by atoms with E-state index in [2.05, 4.69) is 24.0 Å². The lowest BCUT2D eigenvalue weighted by molar-refractivity contribution is 0.00465. The first-order valence-corrected chi connectivity index (χ1v) is 6.98. The Morgan fingerprint density at radius 3 is 2.58 bits per heavy atom. The van der Waals surface area contributed by atoms with Crippen molar-refractivity contribution in [3.8, 4) is 5.75 Å². The van der Waals surface area contributed by atoms with E-state index in [1.54, 1.807) is 0 Å². The lowest BCUT2D eigenvalue weighted by Gasteiger charge is -2.28. The van der Waals surface area contributed by atoms with E-state index in [4.69, 9.17) is 9.47 Å². The highest BCUT2D eigenvalue weighted by Crippen LogP contribution is 2.13. The Morgan fingerprint density at radius 1 is 1.26 bits per heavy atom. The fourth-order valence-corrected chi connectivity index (χ4v) is 2.15. The van der Waals surface area contributed by atoms with Gasteiger partial charge in [-0.2, -0.15) is 0 Å². The van der Waals surface area contributed by atoms with E-state index in [1.807, 2.05) is 12.1 Å². The van der Waals surface area contributed by atoms with Gasteiger partial charge in [0.25, 0.3) is 0 Å². The molecule has 1 aliphatic heterocycles. The van der Waals surface area contributed by atoms with Crippen LogP contribution in [-0.4, -0.2) is 55.6 Å². The zero-order valence-electron chi connectivity index (χ0n) is 11.5. The molecule has 1 fully saturated rings. The molecule has 0 unspecified atom stereocenters. The minimum absolute atomic E-state index is 0.336. The molecule has 1 aliphatic rings. The Labute approximate surface area is 114 Å². The minimum atomic E-state index is -0.455. The van der Waals surface area contributed by atoms with Crippen LogP contribution < -0.4 is 4.74 Å². The number of ether oxygens (including phenoxy) is 2. The van der Waals surface area contributed by atoms with Gasteiger partial charge < -0.3 is 14.6 Å². The number of aliphatic hydroxyl groups is 1. The third kappa shape index (κ3) is 4.82. The number of hydrogen-bond acceptors (Lipinski definition) is 4. The molecule has 0 spiro atoms. The van der Waals surface area contributed by atoms with E-state index >= 15 is 0 Å². The van der Waals surface area contributed by atoms with Crippen molar-refractivity contribution in [1.29, 1.82) is 0 Å². The normalized spacial score (nSPS) is 18.2. The average molecular weight is 265 g/mol. The van der Waals surface area contributed by atoms with Crippen LogP contribution in [0.4, 0.5) is 0 Å². The fraction of sp³-hybridized carbons (Fsp3) is 0.600. The molecule has 1 N–H and O–H groups in total. The summed E-state index contributed by atoms with van der Waals surface area (Å²) in [6.07, 6.45) is 0.573. The lowest BCUT2D eigenvalue weighted by Crippen LogP contribution is -2.42. The van der Waals surface area contributed by atoms with Crippen molar-refractivity contribution < 1.29 is 14.6 Å². The molecule has 19 heavy (non-hydrogen) atoms. The second-order valence-corrected chi connectivity index (χ2v) is 4.88. The van der Waals surface area contributed by atoms with Crippen molar-refractivity contribution >= 4 is 0 Å². The van der Waals surface area contributed by atoms with Crippen LogP contribution in [0.25, 0.3) is 0 Å². The smallest absolute Gasteiger partial charge is 0.119 e. The molecule has 1 saturated heterocycles. The third-order valence-electron chi connectivity index (χ3n) is 3.35. The van der Waals surface area contributed by atoms with E-state index in [0.717, 1.165) is 38.5 Å². The van der Waals surface area contributed by atoms with Crippen LogP contribution in [-0.2, 0) is 11.2 Å². The summed E-state index contributed by atoms with van der Waals surface area (Å²) in [6.45, 7) is 6.41.